The number of phenolic OH excluding ortho intramolecular Hbond substituents is 1. The molecule has 12 heteroatoms. The van der Waals surface area contributed by atoms with Gasteiger partial charge in [0.1, 0.15) is 23.9 Å². The third-order valence-electron chi connectivity index (χ3n) is 5.56. The monoisotopic (exact) mass is 478 g/mol. The minimum absolute atomic E-state index is 0.0826. The number of aromatic hydroxyl groups is 1. The van der Waals surface area contributed by atoms with E-state index in [1.165, 1.54) is 24.0 Å². The van der Waals surface area contributed by atoms with E-state index in [2.05, 4.69) is 10.6 Å². The zero-order valence-electron chi connectivity index (χ0n) is 18.8. The molecule has 1 aliphatic heterocycles. The van der Waals surface area contributed by atoms with Gasteiger partial charge >= 0.3 is 11.9 Å². The van der Waals surface area contributed by atoms with E-state index in [0.717, 1.165) is 5.56 Å². The lowest BCUT2D eigenvalue weighted by Crippen LogP contribution is -2.56. The van der Waals surface area contributed by atoms with Crippen molar-refractivity contribution in [2.45, 2.75) is 63.2 Å². The van der Waals surface area contributed by atoms with Crippen LogP contribution in [0.2, 0.25) is 0 Å². The number of hydrogen-bond acceptors (Lipinski definition) is 7. The molecule has 12 nitrogen and oxygen atoms in total. The Morgan fingerprint density at radius 2 is 1.76 bits per heavy atom. The molecule has 0 radical (unpaired) electrons. The molecular formula is C22H30N4O8. The van der Waals surface area contributed by atoms with Crippen LogP contribution in [-0.2, 0) is 30.4 Å². The van der Waals surface area contributed by atoms with Gasteiger partial charge in [-0.3, -0.25) is 24.0 Å². The molecule has 0 bridgehead atoms. The van der Waals surface area contributed by atoms with Crippen LogP contribution in [0.15, 0.2) is 24.3 Å². The molecule has 4 atom stereocenters. The van der Waals surface area contributed by atoms with Crippen molar-refractivity contribution >= 4 is 29.7 Å². The standard InChI is InChI=1S/C22H30N4O8/c1-12(22(33)34)24-19(30)16(8-9-18(28)29)25-20(31)17-3-2-10-26(17)21(32)15(23)11-13-4-6-14(27)7-5-13/h4-7,12,15-17,27H,2-3,8-11,23H2,1H3,(H,24,30)(H,25,31)(H,28,29)(H,33,34). The summed E-state index contributed by atoms with van der Waals surface area (Å²) in [7, 11) is 0. The van der Waals surface area contributed by atoms with Gasteiger partial charge in [0.25, 0.3) is 0 Å². The van der Waals surface area contributed by atoms with Crippen molar-refractivity contribution in [3.05, 3.63) is 29.8 Å². The second kappa shape index (κ2) is 12.0. The highest BCUT2D eigenvalue weighted by molar-refractivity contribution is 5.94. The summed E-state index contributed by atoms with van der Waals surface area (Å²) in [5, 5.41) is 32.0. The molecule has 7 N–H and O–H groups in total. The summed E-state index contributed by atoms with van der Waals surface area (Å²) in [6.45, 7) is 1.53. The molecule has 186 valence electrons. The van der Waals surface area contributed by atoms with Crippen LogP contribution in [0.3, 0.4) is 0 Å². The zero-order valence-corrected chi connectivity index (χ0v) is 18.8. The van der Waals surface area contributed by atoms with E-state index in [9.17, 15) is 29.1 Å². The van der Waals surface area contributed by atoms with Crippen LogP contribution in [0.5, 0.6) is 5.75 Å². The predicted octanol–water partition coefficient (Wildman–Crippen LogP) is -0.808. The Labute approximate surface area is 196 Å². The van der Waals surface area contributed by atoms with E-state index in [4.69, 9.17) is 15.9 Å². The van der Waals surface area contributed by atoms with E-state index >= 15 is 0 Å². The molecule has 1 heterocycles. The van der Waals surface area contributed by atoms with Gasteiger partial charge in [-0.25, -0.2) is 0 Å². The predicted molar refractivity (Wildman–Crippen MR) is 119 cm³/mol. The smallest absolute Gasteiger partial charge is 0.325 e. The van der Waals surface area contributed by atoms with Crippen LogP contribution in [0.4, 0.5) is 0 Å². The molecule has 0 aliphatic carbocycles. The summed E-state index contributed by atoms with van der Waals surface area (Å²) in [5.41, 5.74) is 6.81. The molecule has 0 aromatic heterocycles. The Morgan fingerprint density at radius 1 is 1.12 bits per heavy atom. The van der Waals surface area contributed by atoms with Crippen LogP contribution < -0.4 is 16.4 Å². The molecule has 3 amide bonds. The fraction of sp³-hybridized carbons (Fsp3) is 0.500. The molecule has 1 aromatic carbocycles. The Balaban J connectivity index is 2.06. The van der Waals surface area contributed by atoms with Crippen molar-refractivity contribution in [3.8, 4) is 5.75 Å². The van der Waals surface area contributed by atoms with Gasteiger partial charge in [0, 0.05) is 13.0 Å². The maximum absolute atomic E-state index is 12.9. The van der Waals surface area contributed by atoms with Gasteiger partial charge in [-0.1, -0.05) is 12.1 Å². The van der Waals surface area contributed by atoms with Gasteiger partial charge in [0.05, 0.1) is 6.04 Å². The molecule has 1 aromatic rings. The van der Waals surface area contributed by atoms with Crippen LogP contribution in [0, 0.1) is 0 Å². The van der Waals surface area contributed by atoms with E-state index in [1.54, 1.807) is 12.1 Å². The molecular weight excluding hydrogens is 448 g/mol. The number of nitrogens with two attached hydrogens (primary N) is 1. The number of likely N-dealkylation sites (tertiary alicyclic amines) is 1. The van der Waals surface area contributed by atoms with Gasteiger partial charge in [-0.05, 0) is 50.3 Å². The molecule has 34 heavy (non-hydrogen) atoms. The van der Waals surface area contributed by atoms with E-state index in [-0.39, 0.29) is 18.6 Å². The Hall–Kier alpha value is -3.67. The van der Waals surface area contributed by atoms with E-state index in [0.29, 0.717) is 19.4 Å². The van der Waals surface area contributed by atoms with Crippen LogP contribution in [0.1, 0.15) is 38.2 Å². The van der Waals surface area contributed by atoms with E-state index in [1.807, 2.05) is 0 Å². The number of aliphatic carboxylic acids is 2. The number of phenols is 1. The van der Waals surface area contributed by atoms with Gasteiger partial charge in [0.2, 0.25) is 17.7 Å². The number of hydrogen-bond donors (Lipinski definition) is 6. The van der Waals surface area contributed by atoms with Crippen LogP contribution >= 0.6 is 0 Å². The van der Waals surface area contributed by atoms with Crippen molar-refractivity contribution in [2.24, 2.45) is 5.73 Å². The zero-order chi connectivity index (χ0) is 25.4. The topological polar surface area (TPSA) is 199 Å². The highest BCUT2D eigenvalue weighted by Gasteiger charge is 2.37. The summed E-state index contributed by atoms with van der Waals surface area (Å²) in [6.07, 6.45) is 0.395. The SMILES string of the molecule is CC(NC(=O)C(CCC(=O)O)NC(=O)C1CCCN1C(=O)C(N)Cc1ccc(O)cc1)C(=O)O. The summed E-state index contributed by atoms with van der Waals surface area (Å²) >= 11 is 0. The highest BCUT2D eigenvalue weighted by atomic mass is 16.4. The third kappa shape index (κ3) is 7.44. The van der Waals surface area contributed by atoms with Crippen molar-refractivity contribution < 1.29 is 39.3 Å². The highest BCUT2D eigenvalue weighted by Crippen LogP contribution is 2.20. The number of nitrogens with one attached hydrogen (secondary N) is 2. The van der Waals surface area contributed by atoms with Crippen molar-refractivity contribution in [1.29, 1.82) is 0 Å². The summed E-state index contributed by atoms with van der Waals surface area (Å²) in [5.74, 6) is -4.31. The molecule has 4 unspecified atom stereocenters. The number of benzene rings is 1. The first-order valence-corrected chi connectivity index (χ1v) is 10.9. The minimum Gasteiger partial charge on any atom is -0.508 e. The summed E-state index contributed by atoms with van der Waals surface area (Å²) < 4.78 is 0. The van der Waals surface area contributed by atoms with Crippen molar-refractivity contribution in [3.63, 3.8) is 0 Å². The first kappa shape index (κ1) is 26.6. The third-order valence-corrected chi connectivity index (χ3v) is 5.56. The fourth-order valence-corrected chi connectivity index (χ4v) is 3.67. The Bertz CT molecular complexity index is 920. The maximum Gasteiger partial charge on any atom is 0.325 e. The maximum atomic E-state index is 12.9. The Kier molecular flexibility index (Phi) is 9.36. The number of amides is 3. The molecule has 1 saturated heterocycles. The lowest BCUT2D eigenvalue weighted by atomic mass is 10.0. The molecule has 0 saturated carbocycles. The quantitative estimate of drug-likeness (QED) is 0.235. The largest absolute Gasteiger partial charge is 0.508 e. The average Bonchev–Trinajstić information content (AvgIpc) is 3.27. The molecule has 0 spiro atoms. The number of carboxylic acid groups (broad SMARTS) is 2. The van der Waals surface area contributed by atoms with Gasteiger partial charge in [-0.15, -0.1) is 0 Å². The first-order valence-electron chi connectivity index (χ1n) is 10.9. The van der Waals surface area contributed by atoms with Gasteiger partial charge in [0.15, 0.2) is 0 Å². The number of carbonyl (C=O) groups is 5. The molecule has 2 rings (SSSR count). The number of rotatable bonds is 11. The number of nitrogens with zero attached hydrogens (tertiary/aromatic N) is 1. The van der Waals surface area contributed by atoms with Crippen LogP contribution in [0.25, 0.3) is 0 Å². The second-order valence-corrected chi connectivity index (χ2v) is 8.23. The first-order chi connectivity index (χ1) is 16.0. The molecule has 1 fully saturated rings. The lowest BCUT2D eigenvalue weighted by molar-refractivity contribution is -0.143. The van der Waals surface area contributed by atoms with Crippen molar-refractivity contribution in [2.75, 3.05) is 6.54 Å². The van der Waals surface area contributed by atoms with Crippen LogP contribution in [-0.4, -0.2) is 80.6 Å². The summed E-state index contributed by atoms with van der Waals surface area (Å²) in [4.78, 5) is 61.7. The lowest BCUT2D eigenvalue weighted by Gasteiger charge is -2.28. The normalized spacial score (nSPS) is 17.9. The minimum atomic E-state index is -1.29. The van der Waals surface area contributed by atoms with Gasteiger partial charge < -0.3 is 36.6 Å². The second-order valence-electron chi connectivity index (χ2n) is 8.23. The Morgan fingerprint density at radius 3 is 2.35 bits per heavy atom. The number of carbonyl (C=O) groups excluding carboxylic acids is 3. The number of carboxylic acids is 2. The summed E-state index contributed by atoms with van der Waals surface area (Å²) in [6, 6.07) is 1.89. The molecule has 1 aliphatic rings. The van der Waals surface area contributed by atoms with Gasteiger partial charge in [-0.2, -0.15) is 0 Å². The average molecular weight is 479 g/mol. The fourth-order valence-electron chi connectivity index (χ4n) is 3.67. The van der Waals surface area contributed by atoms with Crippen molar-refractivity contribution in [1.82, 2.24) is 15.5 Å². The van der Waals surface area contributed by atoms with E-state index < -0.39 is 60.2 Å².